The van der Waals surface area contributed by atoms with Crippen LogP contribution in [-0.4, -0.2) is 59.5 Å². The zero-order chi connectivity index (χ0) is 15.1. The number of nitrogens with zero attached hydrogens (tertiary/aromatic N) is 3. The smallest absolute Gasteiger partial charge is 0.320 e. The molecule has 20 heavy (non-hydrogen) atoms. The van der Waals surface area contributed by atoms with Crippen molar-refractivity contribution in [2.45, 2.75) is 38.6 Å². The lowest BCUT2D eigenvalue weighted by molar-refractivity contribution is -0.147. The van der Waals surface area contributed by atoms with Gasteiger partial charge in [0.05, 0.1) is 19.0 Å². The predicted molar refractivity (Wildman–Crippen MR) is 73.9 cm³/mol. The highest BCUT2D eigenvalue weighted by atomic mass is 16.4. The van der Waals surface area contributed by atoms with Crippen LogP contribution in [0.25, 0.3) is 0 Å². The van der Waals surface area contributed by atoms with Gasteiger partial charge in [0, 0.05) is 13.6 Å². The SMILES string of the molecule is CCC1CCN(CC(=O)N(C)CCC#N)C(C(=O)O)C1. The highest BCUT2D eigenvalue weighted by Gasteiger charge is 2.33. The van der Waals surface area contributed by atoms with E-state index in [0.717, 1.165) is 12.8 Å². The zero-order valence-electron chi connectivity index (χ0n) is 12.2. The van der Waals surface area contributed by atoms with Gasteiger partial charge in [0.15, 0.2) is 0 Å². The average molecular weight is 281 g/mol. The van der Waals surface area contributed by atoms with Gasteiger partial charge in [0.2, 0.25) is 5.91 Å². The first-order valence-electron chi connectivity index (χ1n) is 7.07. The molecule has 1 saturated heterocycles. The van der Waals surface area contributed by atoms with E-state index in [1.807, 2.05) is 6.07 Å². The molecule has 1 rings (SSSR count). The quantitative estimate of drug-likeness (QED) is 0.783. The molecule has 1 aliphatic rings. The number of likely N-dealkylation sites (N-methyl/N-ethyl adjacent to an activating group) is 1. The van der Waals surface area contributed by atoms with Crippen LogP contribution in [0.1, 0.15) is 32.6 Å². The van der Waals surface area contributed by atoms with E-state index in [9.17, 15) is 14.7 Å². The van der Waals surface area contributed by atoms with Crippen LogP contribution < -0.4 is 0 Å². The fraction of sp³-hybridized carbons (Fsp3) is 0.786. The van der Waals surface area contributed by atoms with Crippen molar-refractivity contribution in [2.75, 3.05) is 26.7 Å². The van der Waals surface area contributed by atoms with E-state index >= 15 is 0 Å². The van der Waals surface area contributed by atoms with Gasteiger partial charge in [-0.05, 0) is 25.3 Å². The normalized spacial score (nSPS) is 23.1. The molecule has 0 spiro atoms. The molecule has 2 atom stereocenters. The third kappa shape index (κ3) is 4.49. The maximum Gasteiger partial charge on any atom is 0.320 e. The van der Waals surface area contributed by atoms with Crippen molar-refractivity contribution in [1.82, 2.24) is 9.80 Å². The minimum atomic E-state index is -0.851. The number of piperidine rings is 1. The van der Waals surface area contributed by atoms with Crippen LogP contribution in [0, 0.1) is 17.2 Å². The third-order valence-corrected chi connectivity index (χ3v) is 4.01. The van der Waals surface area contributed by atoms with Gasteiger partial charge in [-0.2, -0.15) is 5.26 Å². The number of amides is 1. The Morgan fingerprint density at radius 2 is 2.20 bits per heavy atom. The highest BCUT2D eigenvalue weighted by Crippen LogP contribution is 2.25. The van der Waals surface area contributed by atoms with Crippen molar-refractivity contribution >= 4 is 11.9 Å². The molecule has 0 aromatic rings. The van der Waals surface area contributed by atoms with Gasteiger partial charge >= 0.3 is 5.97 Å². The van der Waals surface area contributed by atoms with E-state index in [-0.39, 0.29) is 12.5 Å². The van der Waals surface area contributed by atoms with Crippen LogP contribution in [-0.2, 0) is 9.59 Å². The Morgan fingerprint density at radius 1 is 1.50 bits per heavy atom. The molecule has 0 saturated carbocycles. The number of hydrogen-bond acceptors (Lipinski definition) is 4. The Morgan fingerprint density at radius 3 is 2.75 bits per heavy atom. The van der Waals surface area contributed by atoms with E-state index in [1.165, 1.54) is 4.90 Å². The first kappa shape index (κ1) is 16.4. The third-order valence-electron chi connectivity index (χ3n) is 4.01. The molecule has 6 nitrogen and oxygen atoms in total. The number of nitriles is 1. The summed E-state index contributed by atoms with van der Waals surface area (Å²) in [4.78, 5) is 26.6. The van der Waals surface area contributed by atoms with Crippen LogP contribution >= 0.6 is 0 Å². The number of carbonyl (C=O) groups is 2. The summed E-state index contributed by atoms with van der Waals surface area (Å²) >= 11 is 0. The van der Waals surface area contributed by atoms with Gasteiger partial charge in [-0.25, -0.2) is 0 Å². The Labute approximate surface area is 120 Å². The molecule has 6 heteroatoms. The van der Waals surface area contributed by atoms with Crippen LogP contribution in [0.2, 0.25) is 0 Å². The number of carboxylic acids is 1. The largest absolute Gasteiger partial charge is 0.480 e. The molecule has 1 N–H and O–H groups in total. The molecule has 0 aromatic heterocycles. The monoisotopic (exact) mass is 281 g/mol. The number of aliphatic carboxylic acids is 1. The van der Waals surface area contributed by atoms with Gasteiger partial charge in [0.25, 0.3) is 0 Å². The maximum absolute atomic E-state index is 12.0. The zero-order valence-corrected chi connectivity index (χ0v) is 12.2. The lowest BCUT2D eigenvalue weighted by Gasteiger charge is -2.37. The van der Waals surface area contributed by atoms with Crippen molar-refractivity contribution in [3.8, 4) is 6.07 Å². The minimum absolute atomic E-state index is 0.120. The standard InChI is InChI=1S/C14H23N3O3/c1-3-11-5-8-17(12(9-11)14(19)20)10-13(18)16(2)7-4-6-15/h11-12H,3-5,7-10H2,1-2H3,(H,19,20). The molecule has 0 bridgehead atoms. The fourth-order valence-electron chi connectivity index (χ4n) is 2.54. The molecule has 1 amide bonds. The van der Waals surface area contributed by atoms with Crippen molar-refractivity contribution in [1.29, 1.82) is 5.26 Å². The first-order valence-corrected chi connectivity index (χ1v) is 7.07. The van der Waals surface area contributed by atoms with E-state index in [0.29, 0.717) is 31.8 Å². The summed E-state index contributed by atoms with van der Waals surface area (Å²) < 4.78 is 0. The molecule has 0 aliphatic carbocycles. The van der Waals surface area contributed by atoms with Crippen molar-refractivity contribution in [2.24, 2.45) is 5.92 Å². The van der Waals surface area contributed by atoms with Crippen LogP contribution in [0.15, 0.2) is 0 Å². The van der Waals surface area contributed by atoms with Crippen molar-refractivity contribution in [3.05, 3.63) is 0 Å². The summed E-state index contributed by atoms with van der Waals surface area (Å²) in [6.07, 6.45) is 2.83. The summed E-state index contributed by atoms with van der Waals surface area (Å²) in [5.41, 5.74) is 0. The van der Waals surface area contributed by atoms with E-state index < -0.39 is 12.0 Å². The summed E-state index contributed by atoms with van der Waals surface area (Å²) in [6, 6.07) is 1.43. The predicted octanol–water partition coefficient (Wildman–Crippen LogP) is 0.934. The molecule has 0 radical (unpaired) electrons. The Bertz CT molecular complexity index is 392. The number of carboxylic acid groups (broad SMARTS) is 1. The summed E-state index contributed by atoms with van der Waals surface area (Å²) in [7, 11) is 1.65. The molecule has 1 heterocycles. The van der Waals surface area contributed by atoms with Gasteiger partial charge < -0.3 is 10.0 Å². The second kappa shape index (κ2) is 7.85. The van der Waals surface area contributed by atoms with E-state index in [1.54, 1.807) is 11.9 Å². The topological polar surface area (TPSA) is 84.6 Å². The number of hydrogen-bond donors (Lipinski definition) is 1. The molecular weight excluding hydrogens is 258 g/mol. The van der Waals surface area contributed by atoms with Gasteiger partial charge in [-0.1, -0.05) is 13.3 Å². The van der Waals surface area contributed by atoms with Crippen LogP contribution in [0.4, 0.5) is 0 Å². The molecular formula is C14H23N3O3. The van der Waals surface area contributed by atoms with Crippen molar-refractivity contribution < 1.29 is 14.7 Å². The second-order valence-corrected chi connectivity index (χ2v) is 5.35. The molecule has 1 fully saturated rings. The molecule has 0 aromatic carbocycles. The van der Waals surface area contributed by atoms with Crippen molar-refractivity contribution in [3.63, 3.8) is 0 Å². The summed E-state index contributed by atoms with van der Waals surface area (Å²) in [6.45, 7) is 3.22. The summed E-state index contributed by atoms with van der Waals surface area (Å²) in [5, 5.41) is 17.8. The van der Waals surface area contributed by atoms with Crippen LogP contribution in [0.3, 0.4) is 0 Å². The number of rotatable bonds is 6. The lowest BCUT2D eigenvalue weighted by Crippen LogP contribution is -2.51. The summed E-state index contributed by atoms with van der Waals surface area (Å²) in [5.74, 6) is -0.546. The second-order valence-electron chi connectivity index (χ2n) is 5.35. The Kier molecular flexibility index (Phi) is 6.46. The average Bonchev–Trinajstić information content (AvgIpc) is 2.44. The number of likely N-dealkylation sites (tertiary alicyclic amines) is 1. The van der Waals surface area contributed by atoms with Gasteiger partial charge in [0.1, 0.15) is 6.04 Å². The van der Waals surface area contributed by atoms with E-state index in [4.69, 9.17) is 5.26 Å². The number of carbonyl (C=O) groups excluding carboxylic acids is 1. The Hall–Kier alpha value is -1.61. The fourth-order valence-corrected chi connectivity index (χ4v) is 2.54. The molecule has 112 valence electrons. The van der Waals surface area contributed by atoms with E-state index in [2.05, 4.69) is 6.92 Å². The first-order chi connectivity index (χ1) is 9.49. The molecule has 1 aliphatic heterocycles. The lowest BCUT2D eigenvalue weighted by atomic mass is 9.89. The Balaban J connectivity index is 2.58. The maximum atomic E-state index is 12.0. The van der Waals surface area contributed by atoms with Gasteiger partial charge in [-0.3, -0.25) is 14.5 Å². The highest BCUT2D eigenvalue weighted by molar-refractivity contribution is 5.80. The van der Waals surface area contributed by atoms with Crippen LogP contribution in [0.5, 0.6) is 0 Å². The minimum Gasteiger partial charge on any atom is -0.480 e. The molecule has 2 unspecified atom stereocenters. The van der Waals surface area contributed by atoms with Gasteiger partial charge in [-0.15, -0.1) is 0 Å².